The van der Waals surface area contributed by atoms with E-state index in [9.17, 15) is 19.8 Å². The number of fused-ring (bicyclic) bond motifs is 1. The van der Waals surface area contributed by atoms with E-state index in [2.05, 4.69) is 25.6 Å². The first-order valence-electron chi connectivity index (χ1n) is 12.2. The number of imidazole rings is 1. The third-order valence-corrected chi connectivity index (χ3v) is 6.41. The fourth-order valence-corrected chi connectivity index (χ4v) is 4.19. The summed E-state index contributed by atoms with van der Waals surface area (Å²) in [4.78, 5) is 37.0. The summed E-state index contributed by atoms with van der Waals surface area (Å²) in [5, 5.41) is 25.9. The minimum atomic E-state index is -1.16. The molecule has 7 N–H and O–H groups in total. The molecule has 10 heteroatoms. The molecule has 0 radical (unpaired) electrons. The van der Waals surface area contributed by atoms with Crippen LogP contribution in [0.25, 0.3) is 22.2 Å². The maximum Gasteiger partial charge on any atom is 0.336 e. The molecule has 0 saturated heterocycles. The van der Waals surface area contributed by atoms with E-state index in [0.29, 0.717) is 29.3 Å². The summed E-state index contributed by atoms with van der Waals surface area (Å²) in [5.41, 5.74) is 10.4. The number of pyridine rings is 1. The molecule has 0 unspecified atom stereocenters. The van der Waals surface area contributed by atoms with E-state index < -0.39 is 17.9 Å². The van der Waals surface area contributed by atoms with Gasteiger partial charge in [-0.3, -0.25) is 9.78 Å². The first-order valence-corrected chi connectivity index (χ1v) is 12.2. The summed E-state index contributed by atoms with van der Waals surface area (Å²) in [6.07, 6.45) is 0. The van der Waals surface area contributed by atoms with Crippen molar-refractivity contribution in [2.75, 3.05) is 17.7 Å². The highest BCUT2D eigenvalue weighted by Gasteiger charge is 2.26. The maximum atomic E-state index is 12.9. The third-order valence-electron chi connectivity index (χ3n) is 6.41. The zero-order valence-corrected chi connectivity index (χ0v) is 21.8. The van der Waals surface area contributed by atoms with Gasteiger partial charge in [0.15, 0.2) is 5.95 Å². The number of nitrogens with one attached hydrogen (secondary N) is 3. The molecular weight excluding hydrogens is 484 g/mol. The molecule has 0 aliphatic heterocycles. The average Bonchev–Trinajstić information content (AvgIpc) is 3.24. The van der Waals surface area contributed by atoms with Crippen LogP contribution in [0.1, 0.15) is 52.9 Å². The van der Waals surface area contributed by atoms with Crippen molar-refractivity contribution in [3.8, 4) is 11.1 Å². The number of carboxylic acid groups (broad SMARTS) is 1. The van der Waals surface area contributed by atoms with Crippen molar-refractivity contribution in [3.63, 3.8) is 0 Å². The summed E-state index contributed by atoms with van der Waals surface area (Å²) in [7, 11) is 0. The average molecular weight is 517 g/mol. The summed E-state index contributed by atoms with van der Waals surface area (Å²) in [6, 6.07) is 13.4. The molecule has 2 heterocycles. The largest absolute Gasteiger partial charge is 0.478 e. The van der Waals surface area contributed by atoms with Crippen molar-refractivity contribution in [1.82, 2.24) is 20.3 Å². The zero-order valence-electron chi connectivity index (χ0n) is 21.8. The van der Waals surface area contributed by atoms with Crippen LogP contribution in [0.3, 0.4) is 0 Å². The number of benzene rings is 2. The predicted octanol–water partition coefficient (Wildman–Crippen LogP) is 3.96. The van der Waals surface area contributed by atoms with Crippen molar-refractivity contribution >= 4 is 34.5 Å². The van der Waals surface area contributed by atoms with Gasteiger partial charge in [0.05, 0.1) is 41.5 Å². The Kier molecular flexibility index (Phi) is 7.36. The van der Waals surface area contributed by atoms with E-state index in [1.54, 1.807) is 12.1 Å². The standard InChI is InChI=1S/C28H32N6O4/c1-15-5-8-19(23(31-15)13-30-17-7-10-21-22(12-17)33-27(29)32-21)18-9-6-16(11-20(18)26(37)38)25(36)34-24(14-35)28(2,3)4/h5-12,24,30,35H,13-14H2,1-4H3,(H,34,36)(H,37,38)(H3,29,32,33)/t24-/m1/s1. The van der Waals surface area contributed by atoms with Gasteiger partial charge in [-0.15, -0.1) is 0 Å². The Balaban J connectivity index is 1.65. The second-order valence-electron chi connectivity index (χ2n) is 10.3. The van der Waals surface area contributed by atoms with Crippen molar-refractivity contribution < 1.29 is 19.8 Å². The smallest absolute Gasteiger partial charge is 0.336 e. The van der Waals surface area contributed by atoms with E-state index in [1.165, 1.54) is 6.07 Å². The first-order chi connectivity index (χ1) is 18.0. The number of carbonyl (C=O) groups is 2. The first kappa shape index (κ1) is 26.6. The second kappa shape index (κ2) is 10.5. The van der Waals surface area contributed by atoms with Gasteiger partial charge >= 0.3 is 5.97 Å². The Morgan fingerprint density at radius 2 is 1.79 bits per heavy atom. The Bertz CT molecular complexity index is 1510. The lowest BCUT2D eigenvalue weighted by molar-refractivity contribution is 0.0697. The van der Waals surface area contributed by atoms with Gasteiger partial charge in [0, 0.05) is 22.5 Å². The van der Waals surface area contributed by atoms with Crippen LogP contribution >= 0.6 is 0 Å². The van der Waals surface area contributed by atoms with E-state index in [4.69, 9.17) is 5.73 Å². The minimum absolute atomic E-state index is 0.0183. The monoisotopic (exact) mass is 516 g/mol. The SMILES string of the molecule is Cc1ccc(-c2ccc(C(=O)N[C@H](CO)C(C)(C)C)cc2C(=O)O)c(CNc2ccc3nc(N)[nH]c3c2)n1. The topological polar surface area (TPSA) is 166 Å². The number of aromatic nitrogens is 3. The van der Waals surface area contributed by atoms with Gasteiger partial charge < -0.3 is 31.6 Å². The van der Waals surface area contributed by atoms with Gasteiger partial charge in [-0.25, -0.2) is 9.78 Å². The highest BCUT2D eigenvalue weighted by atomic mass is 16.4. The normalized spacial score (nSPS) is 12.3. The van der Waals surface area contributed by atoms with Crippen LogP contribution in [0.4, 0.5) is 11.6 Å². The van der Waals surface area contributed by atoms with Gasteiger partial charge in [0.25, 0.3) is 5.91 Å². The van der Waals surface area contributed by atoms with E-state index >= 15 is 0 Å². The number of nitrogens with two attached hydrogens (primary N) is 1. The molecule has 198 valence electrons. The summed E-state index contributed by atoms with van der Waals surface area (Å²) in [6.45, 7) is 7.68. The van der Waals surface area contributed by atoms with Gasteiger partial charge in [-0.2, -0.15) is 0 Å². The number of aryl methyl sites for hydroxylation is 1. The predicted molar refractivity (Wildman–Crippen MR) is 147 cm³/mol. The minimum Gasteiger partial charge on any atom is -0.478 e. The highest BCUT2D eigenvalue weighted by molar-refractivity contribution is 6.02. The van der Waals surface area contributed by atoms with E-state index in [1.807, 2.05) is 58.0 Å². The molecule has 4 rings (SSSR count). The summed E-state index contributed by atoms with van der Waals surface area (Å²) >= 11 is 0. The number of carboxylic acids is 1. The molecule has 2 aromatic heterocycles. The van der Waals surface area contributed by atoms with Gasteiger partial charge in [0.1, 0.15) is 0 Å². The van der Waals surface area contributed by atoms with Crippen LogP contribution in [0.2, 0.25) is 0 Å². The molecule has 38 heavy (non-hydrogen) atoms. The number of aliphatic hydroxyl groups excluding tert-OH is 1. The molecule has 1 amide bonds. The van der Waals surface area contributed by atoms with Crippen LogP contribution < -0.4 is 16.4 Å². The van der Waals surface area contributed by atoms with Crippen molar-refractivity contribution in [3.05, 3.63) is 71.0 Å². The Morgan fingerprint density at radius 3 is 2.47 bits per heavy atom. The molecule has 0 spiro atoms. The highest BCUT2D eigenvalue weighted by Crippen LogP contribution is 2.29. The number of aliphatic hydroxyl groups is 1. The van der Waals surface area contributed by atoms with Crippen molar-refractivity contribution in [1.29, 1.82) is 0 Å². The molecule has 1 atom stereocenters. The lowest BCUT2D eigenvalue weighted by Crippen LogP contribution is -2.46. The van der Waals surface area contributed by atoms with Crippen molar-refractivity contribution in [2.24, 2.45) is 5.41 Å². The number of amides is 1. The number of anilines is 2. The number of hydrogen-bond donors (Lipinski definition) is 6. The molecule has 0 bridgehead atoms. The number of aromatic carboxylic acids is 1. The molecular formula is C28H32N6O4. The summed E-state index contributed by atoms with van der Waals surface area (Å²) in [5.74, 6) is -1.28. The number of carbonyl (C=O) groups excluding carboxylic acids is 1. The zero-order chi connectivity index (χ0) is 27.6. The Morgan fingerprint density at radius 1 is 1.05 bits per heavy atom. The quantitative estimate of drug-likeness (QED) is 0.205. The number of H-pyrrole nitrogens is 1. The number of aromatic amines is 1. The number of hydrogen-bond acceptors (Lipinski definition) is 7. The van der Waals surface area contributed by atoms with Gasteiger partial charge in [-0.1, -0.05) is 32.9 Å². The Hall–Kier alpha value is -4.44. The number of nitrogen functional groups attached to an aromatic ring is 1. The lowest BCUT2D eigenvalue weighted by Gasteiger charge is -2.29. The fraction of sp³-hybridized carbons (Fsp3) is 0.286. The molecule has 10 nitrogen and oxygen atoms in total. The molecule has 0 saturated carbocycles. The molecule has 0 aliphatic carbocycles. The van der Waals surface area contributed by atoms with Gasteiger partial charge in [0.2, 0.25) is 0 Å². The Labute approximate surface area is 220 Å². The molecule has 2 aromatic carbocycles. The van der Waals surface area contributed by atoms with Crippen LogP contribution in [0.5, 0.6) is 0 Å². The van der Waals surface area contributed by atoms with Crippen LogP contribution in [-0.4, -0.2) is 49.7 Å². The van der Waals surface area contributed by atoms with Gasteiger partial charge in [-0.05, 0) is 54.3 Å². The summed E-state index contributed by atoms with van der Waals surface area (Å²) < 4.78 is 0. The fourth-order valence-electron chi connectivity index (χ4n) is 4.19. The maximum absolute atomic E-state index is 12.9. The molecule has 0 fully saturated rings. The third kappa shape index (κ3) is 5.76. The number of nitrogens with zero attached hydrogens (tertiary/aromatic N) is 2. The van der Waals surface area contributed by atoms with Crippen LogP contribution in [0.15, 0.2) is 48.5 Å². The van der Waals surface area contributed by atoms with Crippen LogP contribution in [-0.2, 0) is 6.54 Å². The molecule has 0 aliphatic rings. The van der Waals surface area contributed by atoms with E-state index in [-0.39, 0.29) is 23.1 Å². The lowest BCUT2D eigenvalue weighted by atomic mass is 9.87. The van der Waals surface area contributed by atoms with Crippen molar-refractivity contribution in [2.45, 2.75) is 40.3 Å². The van der Waals surface area contributed by atoms with Crippen LogP contribution in [0, 0.1) is 12.3 Å². The second-order valence-corrected chi connectivity index (χ2v) is 10.3. The molecule has 4 aromatic rings. The van der Waals surface area contributed by atoms with E-state index in [0.717, 1.165) is 22.4 Å². The number of rotatable bonds is 8.